The summed E-state index contributed by atoms with van der Waals surface area (Å²) in [5.41, 5.74) is 4.40. The van der Waals surface area contributed by atoms with Crippen molar-refractivity contribution < 1.29 is 27.1 Å². The number of aliphatic hydroxyl groups excluding tert-OH is 1. The zero-order valence-electron chi connectivity index (χ0n) is 8.35. The lowest BCUT2D eigenvalue weighted by Gasteiger charge is -2.17. The molecule has 0 radical (unpaired) electrons. The largest absolute Gasteiger partial charge is 0.416 e. The van der Waals surface area contributed by atoms with Gasteiger partial charge in [-0.1, -0.05) is 0 Å². The maximum absolute atomic E-state index is 13.1. The lowest BCUT2D eigenvalue weighted by Crippen LogP contribution is -2.35. The van der Waals surface area contributed by atoms with E-state index in [1.807, 2.05) is 5.32 Å². The molecule has 0 aliphatic carbocycles. The van der Waals surface area contributed by atoms with E-state index in [-0.39, 0.29) is 5.69 Å². The van der Waals surface area contributed by atoms with Gasteiger partial charge >= 0.3 is 6.18 Å². The topological polar surface area (TPSA) is 58.3 Å². The van der Waals surface area contributed by atoms with Crippen molar-refractivity contribution in [1.29, 1.82) is 0 Å². The zero-order chi connectivity index (χ0) is 13.2. The van der Waals surface area contributed by atoms with Crippen molar-refractivity contribution in [3.63, 3.8) is 0 Å². The van der Waals surface area contributed by atoms with Gasteiger partial charge in [-0.15, -0.1) is 0 Å². The van der Waals surface area contributed by atoms with E-state index < -0.39 is 36.1 Å². The van der Waals surface area contributed by atoms with Crippen molar-refractivity contribution in [1.82, 2.24) is 0 Å². The highest BCUT2D eigenvalue weighted by Crippen LogP contribution is 2.26. The van der Waals surface area contributed by atoms with Gasteiger partial charge in [0, 0.05) is 6.54 Å². The quantitative estimate of drug-likeness (QED) is 0.571. The molecule has 1 unspecified atom stereocenters. The molecule has 0 aliphatic rings. The number of hydrogen-bond acceptors (Lipinski definition) is 3. The van der Waals surface area contributed by atoms with Crippen LogP contribution in [-0.2, 0) is 0 Å². The first-order valence-corrected chi connectivity index (χ1v) is 4.45. The third-order valence-electron chi connectivity index (χ3n) is 1.98. The molecule has 1 rings (SSSR count). The number of anilines is 2. The number of hydrogen-bond donors (Lipinski definition) is 3. The standard InChI is InChI=1S/C9H9F5N2O/c10-4-1-2-5(15)8(7(4)11)16-3-6(17)9(12,13)14/h1-2,6,16-17H,3,15H2. The predicted octanol–water partition coefficient (Wildman–Crippen LogP) is 1.88. The average Bonchev–Trinajstić information content (AvgIpc) is 2.22. The molecule has 0 fully saturated rings. The van der Waals surface area contributed by atoms with Crippen molar-refractivity contribution in [2.75, 3.05) is 17.6 Å². The molecule has 0 bridgehead atoms. The van der Waals surface area contributed by atoms with E-state index in [9.17, 15) is 22.0 Å². The smallest absolute Gasteiger partial charge is 0.397 e. The number of rotatable bonds is 3. The molecule has 1 aromatic carbocycles. The van der Waals surface area contributed by atoms with E-state index in [1.54, 1.807) is 0 Å². The van der Waals surface area contributed by atoms with E-state index in [2.05, 4.69) is 0 Å². The Morgan fingerprint density at radius 2 is 1.88 bits per heavy atom. The summed E-state index contributed by atoms with van der Waals surface area (Å²) >= 11 is 0. The van der Waals surface area contributed by atoms with Crippen LogP contribution in [0, 0.1) is 11.6 Å². The fourth-order valence-corrected chi connectivity index (χ4v) is 1.06. The minimum atomic E-state index is -4.84. The number of alkyl halides is 3. The summed E-state index contributed by atoms with van der Waals surface area (Å²) in [6.45, 7) is -1.02. The molecule has 3 nitrogen and oxygen atoms in total. The summed E-state index contributed by atoms with van der Waals surface area (Å²) in [7, 11) is 0. The zero-order valence-corrected chi connectivity index (χ0v) is 8.35. The van der Waals surface area contributed by atoms with E-state index in [0.29, 0.717) is 0 Å². The van der Waals surface area contributed by atoms with E-state index in [0.717, 1.165) is 12.1 Å². The molecule has 0 saturated heterocycles. The van der Waals surface area contributed by atoms with Gasteiger partial charge in [0.15, 0.2) is 17.7 Å². The van der Waals surface area contributed by atoms with E-state index >= 15 is 0 Å². The van der Waals surface area contributed by atoms with E-state index in [1.165, 1.54) is 0 Å². The van der Waals surface area contributed by atoms with Gasteiger partial charge in [0.1, 0.15) is 0 Å². The van der Waals surface area contributed by atoms with Crippen LogP contribution in [0.15, 0.2) is 12.1 Å². The first-order chi connectivity index (χ1) is 7.73. The summed E-state index contributed by atoms with van der Waals surface area (Å²) in [5.74, 6) is -2.64. The van der Waals surface area contributed by atoms with Crippen LogP contribution in [0.1, 0.15) is 0 Å². The molecule has 0 amide bonds. The Morgan fingerprint density at radius 3 is 2.41 bits per heavy atom. The number of benzene rings is 1. The predicted molar refractivity (Wildman–Crippen MR) is 51.3 cm³/mol. The molecule has 0 heterocycles. The third-order valence-corrected chi connectivity index (χ3v) is 1.98. The van der Waals surface area contributed by atoms with Crippen LogP contribution in [0.4, 0.5) is 33.3 Å². The van der Waals surface area contributed by atoms with Crippen molar-refractivity contribution in [2.45, 2.75) is 12.3 Å². The van der Waals surface area contributed by atoms with Gasteiger partial charge in [0.25, 0.3) is 0 Å². The molecule has 1 aromatic rings. The van der Waals surface area contributed by atoms with Crippen LogP contribution in [0.3, 0.4) is 0 Å². The maximum atomic E-state index is 13.1. The summed E-state index contributed by atoms with van der Waals surface area (Å²) in [4.78, 5) is 0. The lowest BCUT2D eigenvalue weighted by atomic mass is 10.2. The lowest BCUT2D eigenvalue weighted by molar-refractivity contribution is -0.198. The van der Waals surface area contributed by atoms with Crippen molar-refractivity contribution in [2.24, 2.45) is 0 Å². The Bertz CT molecular complexity index is 407. The molecule has 8 heteroatoms. The molecule has 17 heavy (non-hydrogen) atoms. The van der Waals surface area contributed by atoms with Crippen molar-refractivity contribution >= 4 is 11.4 Å². The Kier molecular flexibility index (Phi) is 3.76. The van der Waals surface area contributed by atoms with Gasteiger partial charge in [-0.2, -0.15) is 13.2 Å². The highest BCUT2D eigenvalue weighted by Gasteiger charge is 2.38. The molecular formula is C9H9F5N2O. The van der Waals surface area contributed by atoms with Gasteiger partial charge < -0.3 is 16.2 Å². The van der Waals surface area contributed by atoms with Crippen LogP contribution in [0.5, 0.6) is 0 Å². The Hall–Kier alpha value is -1.57. The molecular weight excluding hydrogens is 247 g/mol. The number of halogens is 5. The fourth-order valence-electron chi connectivity index (χ4n) is 1.06. The van der Waals surface area contributed by atoms with Gasteiger partial charge in [-0.25, -0.2) is 8.78 Å². The van der Waals surface area contributed by atoms with Crippen LogP contribution in [-0.4, -0.2) is 23.9 Å². The first kappa shape index (κ1) is 13.5. The van der Waals surface area contributed by atoms with Crippen LogP contribution in [0.2, 0.25) is 0 Å². The highest BCUT2D eigenvalue weighted by molar-refractivity contribution is 5.66. The number of aliphatic hydroxyl groups is 1. The summed E-state index contributed by atoms with van der Waals surface area (Å²) in [5, 5.41) is 10.6. The molecule has 0 aromatic heterocycles. The van der Waals surface area contributed by atoms with E-state index in [4.69, 9.17) is 10.8 Å². The molecule has 1 atom stereocenters. The second-order valence-electron chi connectivity index (χ2n) is 3.26. The number of nitrogens with one attached hydrogen (secondary N) is 1. The molecule has 4 N–H and O–H groups in total. The summed E-state index contributed by atoms with van der Waals surface area (Å²) in [6.07, 6.45) is -7.53. The fraction of sp³-hybridized carbons (Fsp3) is 0.333. The second kappa shape index (κ2) is 4.74. The van der Waals surface area contributed by atoms with Crippen molar-refractivity contribution in [3.8, 4) is 0 Å². The number of nitrogen functional groups attached to an aromatic ring is 1. The first-order valence-electron chi connectivity index (χ1n) is 4.45. The third kappa shape index (κ3) is 3.19. The minimum absolute atomic E-state index is 0.252. The van der Waals surface area contributed by atoms with Gasteiger partial charge in [0.05, 0.1) is 11.4 Å². The van der Waals surface area contributed by atoms with Crippen LogP contribution >= 0.6 is 0 Å². The molecule has 0 saturated carbocycles. The highest BCUT2D eigenvalue weighted by atomic mass is 19.4. The maximum Gasteiger partial charge on any atom is 0.416 e. The molecule has 0 spiro atoms. The second-order valence-corrected chi connectivity index (χ2v) is 3.26. The Morgan fingerprint density at radius 1 is 1.29 bits per heavy atom. The van der Waals surface area contributed by atoms with Crippen LogP contribution in [0.25, 0.3) is 0 Å². The normalized spacial score (nSPS) is 13.5. The number of nitrogens with two attached hydrogens (primary N) is 1. The van der Waals surface area contributed by atoms with Gasteiger partial charge in [0.2, 0.25) is 0 Å². The SMILES string of the molecule is Nc1ccc(F)c(F)c1NCC(O)C(F)(F)F. The van der Waals surface area contributed by atoms with Gasteiger partial charge in [-0.05, 0) is 12.1 Å². The van der Waals surface area contributed by atoms with Gasteiger partial charge in [-0.3, -0.25) is 0 Å². The molecule has 0 aliphatic heterocycles. The summed E-state index contributed by atoms with van der Waals surface area (Å²) in [6, 6.07) is 1.75. The minimum Gasteiger partial charge on any atom is -0.397 e. The van der Waals surface area contributed by atoms with Crippen LogP contribution < -0.4 is 11.1 Å². The Labute approximate surface area is 93.0 Å². The molecule has 96 valence electrons. The Balaban J connectivity index is 2.80. The summed E-state index contributed by atoms with van der Waals surface area (Å²) < 4.78 is 61.7. The van der Waals surface area contributed by atoms with Crippen molar-refractivity contribution in [3.05, 3.63) is 23.8 Å². The average molecular weight is 256 g/mol. The monoisotopic (exact) mass is 256 g/mol.